The molecule has 0 heterocycles. The summed E-state index contributed by atoms with van der Waals surface area (Å²) in [7, 11) is 1.68. The van der Waals surface area contributed by atoms with Crippen molar-refractivity contribution in [2.75, 3.05) is 20.3 Å². The van der Waals surface area contributed by atoms with E-state index in [1.54, 1.807) is 7.11 Å². The Labute approximate surface area is 160 Å². The quantitative estimate of drug-likeness (QED) is 0.470. The van der Waals surface area contributed by atoms with Crippen molar-refractivity contribution in [3.05, 3.63) is 29.8 Å². The lowest BCUT2D eigenvalue weighted by Gasteiger charge is -2.13. The first-order valence-electron chi connectivity index (χ1n) is 9.11. The van der Waals surface area contributed by atoms with Gasteiger partial charge in [-0.05, 0) is 50.4 Å². The van der Waals surface area contributed by atoms with E-state index < -0.39 is 11.9 Å². The number of hydrogen-bond donors (Lipinski definition) is 3. The number of allylic oxidation sites excluding steroid dienone is 1. The Kier molecular flexibility index (Phi) is 10.6. The van der Waals surface area contributed by atoms with Crippen LogP contribution in [-0.4, -0.2) is 48.5 Å². The molecule has 3 N–H and O–H groups in total. The van der Waals surface area contributed by atoms with Gasteiger partial charge in [0.2, 0.25) is 0 Å². The molecule has 0 radical (unpaired) electrons. The van der Waals surface area contributed by atoms with E-state index in [2.05, 4.69) is 17.5 Å². The van der Waals surface area contributed by atoms with Crippen LogP contribution in [0.2, 0.25) is 0 Å². The summed E-state index contributed by atoms with van der Waals surface area (Å²) in [5.41, 5.74) is 1.13. The molecule has 0 aliphatic heterocycles. The number of benzene rings is 1. The van der Waals surface area contributed by atoms with E-state index in [0.29, 0.717) is 0 Å². The zero-order valence-corrected chi connectivity index (χ0v) is 15.9. The minimum absolute atomic E-state index is 0.721. The average Bonchev–Trinajstić information content (AvgIpc) is 3.16. The second-order valence-corrected chi connectivity index (χ2v) is 6.16. The molecule has 150 valence electrons. The summed E-state index contributed by atoms with van der Waals surface area (Å²) in [4.78, 5) is 18.2. The molecular formula is C20H29NO6. The van der Waals surface area contributed by atoms with Gasteiger partial charge in [-0.2, -0.15) is 0 Å². The minimum atomic E-state index is -1.82. The molecule has 7 heteroatoms. The fourth-order valence-electron chi connectivity index (χ4n) is 2.79. The molecule has 1 aromatic carbocycles. The second kappa shape index (κ2) is 12.8. The molecule has 1 saturated carbocycles. The molecule has 0 spiro atoms. The van der Waals surface area contributed by atoms with E-state index in [1.807, 2.05) is 25.1 Å². The molecular weight excluding hydrogens is 350 g/mol. The molecule has 1 aliphatic carbocycles. The Bertz CT molecular complexity index is 611. The summed E-state index contributed by atoms with van der Waals surface area (Å²) in [6.07, 6.45) is 10.5. The highest BCUT2D eigenvalue weighted by Gasteiger charge is 2.13. The Morgan fingerprint density at radius 3 is 2.41 bits per heavy atom. The summed E-state index contributed by atoms with van der Waals surface area (Å²) in [6, 6.07) is 6.78. The van der Waals surface area contributed by atoms with E-state index in [0.717, 1.165) is 42.7 Å². The van der Waals surface area contributed by atoms with Gasteiger partial charge in [0.15, 0.2) is 11.5 Å². The van der Waals surface area contributed by atoms with Gasteiger partial charge in [-0.15, -0.1) is 0 Å². The third-order valence-corrected chi connectivity index (χ3v) is 4.10. The van der Waals surface area contributed by atoms with Gasteiger partial charge in [0.1, 0.15) is 0 Å². The SMILES string of the molecule is CC=Cc1ccc(OCCCNC2CCCC2)c(OC)c1.O=C(O)C(=O)O. The first-order valence-corrected chi connectivity index (χ1v) is 9.11. The molecule has 0 unspecified atom stereocenters. The van der Waals surface area contributed by atoms with Crippen molar-refractivity contribution < 1.29 is 29.3 Å². The van der Waals surface area contributed by atoms with Crippen LogP contribution >= 0.6 is 0 Å². The van der Waals surface area contributed by atoms with Crippen molar-refractivity contribution >= 4 is 18.0 Å². The molecule has 0 bridgehead atoms. The van der Waals surface area contributed by atoms with Crippen molar-refractivity contribution in [1.29, 1.82) is 0 Å². The topological polar surface area (TPSA) is 105 Å². The number of carboxylic acids is 2. The van der Waals surface area contributed by atoms with Crippen molar-refractivity contribution in [3.8, 4) is 11.5 Å². The van der Waals surface area contributed by atoms with Crippen LogP contribution in [0.3, 0.4) is 0 Å². The van der Waals surface area contributed by atoms with Gasteiger partial charge in [-0.1, -0.05) is 31.1 Å². The summed E-state index contributed by atoms with van der Waals surface area (Å²) in [5.74, 6) is -2.02. The zero-order chi connectivity index (χ0) is 20.1. The van der Waals surface area contributed by atoms with Gasteiger partial charge >= 0.3 is 11.9 Å². The summed E-state index contributed by atoms with van der Waals surface area (Å²) in [6.45, 7) is 3.76. The molecule has 0 saturated heterocycles. The Hall–Kier alpha value is -2.54. The van der Waals surface area contributed by atoms with Crippen molar-refractivity contribution in [3.63, 3.8) is 0 Å². The maximum Gasteiger partial charge on any atom is 0.414 e. The van der Waals surface area contributed by atoms with Gasteiger partial charge in [-0.3, -0.25) is 0 Å². The van der Waals surface area contributed by atoms with Crippen LogP contribution in [0.4, 0.5) is 0 Å². The van der Waals surface area contributed by atoms with E-state index in [4.69, 9.17) is 29.3 Å². The van der Waals surface area contributed by atoms with Crippen LogP contribution in [-0.2, 0) is 9.59 Å². The Morgan fingerprint density at radius 2 is 1.85 bits per heavy atom. The summed E-state index contributed by atoms with van der Waals surface area (Å²) < 4.78 is 11.2. The predicted octanol–water partition coefficient (Wildman–Crippen LogP) is 3.19. The number of rotatable bonds is 8. The molecule has 0 amide bonds. The lowest BCUT2D eigenvalue weighted by Crippen LogP contribution is -2.27. The molecule has 7 nitrogen and oxygen atoms in total. The van der Waals surface area contributed by atoms with Crippen LogP contribution < -0.4 is 14.8 Å². The molecule has 0 atom stereocenters. The summed E-state index contributed by atoms with van der Waals surface area (Å²) >= 11 is 0. The van der Waals surface area contributed by atoms with Crippen molar-refractivity contribution in [1.82, 2.24) is 5.32 Å². The molecule has 0 aromatic heterocycles. The number of aliphatic carboxylic acids is 2. The number of carbonyl (C=O) groups is 2. The van der Waals surface area contributed by atoms with Crippen LogP contribution in [0.1, 0.15) is 44.6 Å². The standard InChI is InChI=1S/C18H27NO2.C2H2O4/c1-3-7-15-10-11-17(18(14-15)20-2)21-13-6-12-19-16-8-4-5-9-16;3-1(4)2(5)6/h3,7,10-11,14,16,19H,4-6,8-9,12-13H2,1-2H3;(H,3,4)(H,5,6). The normalized spacial score (nSPS) is 13.9. The van der Waals surface area contributed by atoms with Gasteiger partial charge in [0.25, 0.3) is 0 Å². The van der Waals surface area contributed by atoms with Gasteiger partial charge in [0.05, 0.1) is 13.7 Å². The molecule has 1 fully saturated rings. The molecule has 2 rings (SSSR count). The van der Waals surface area contributed by atoms with E-state index in [-0.39, 0.29) is 0 Å². The highest BCUT2D eigenvalue weighted by molar-refractivity contribution is 6.27. The molecule has 27 heavy (non-hydrogen) atoms. The van der Waals surface area contributed by atoms with Gasteiger partial charge < -0.3 is 25.0 Å². The number of carboxylic acid groups (broad SMARTS) is 2. The molecule has 1 aliphatic rings. The first-order chi connectivity index (χ1) is 13.0. The Morgan fingerprint density at radius 1 is 1.19 bits per heavy atom. The monoisotopic (exact) mass is 379 g/mol. The second-order valence-electron chi connectivity index (χ2n) is 6.16. The van der Waals surface area contributed by atoms with Gasteiger partial charge in [-0.25, -0.2) is 9.59 Å². The average molecular weight is 379 g/mol. The van der Waals surface area contributed by atoms with Crippen molar-refractivity contribution in [2.24, 2.45) is 0 Å². The fourth-order valence-corrected chi connectivity index (χ4v) is 2.79. The Balaban J connectivity index is 0.000000527. The lowest BCUT2D eigenvalue weighted by atomic mass is 10.2. The van der Waals surface area contributed by atoms with Crippen LogP contribution in [0.15, 0.2) is 24.3 Å². The third-order valence-electron chi connectivity index (χ3n) is 4.10. The van der Waals surface area contributed by atoms with E-state index >= 15 is 0 Å². The highest BCUT2D eigenvalue weighted by atomic mass is 16.5. The van der Waals surface area contributed by atoms with Crippen LogP contribution in [0.5, 0.6) is 11.5 Å². The fraction of sp³-hybridized carbons (Fsp3) is 0.500. The lowest BCUT2D eigenvalue weighted by molar-refractivity contribution is -0.159. The van der Waals surface area contributed by atoms with Crippen molar-refractivity contribution in [2.45, 2.75) is 45.1 Å². The first kappa shape index (κ1) is 22.5. The maximum absolute atomic E-state index is 9.10. The number of nitrogens with one attached hydrogen (secondary N) is 1. The highest BCUT2D eigenvalue weighted by Crippen LogP contribution is 2.28. The minimum Gasteiger partial charge on any atom is -0.493 e. The maximum atomic E-state index is 9.10. The number of methoxy groups -OCH3 is 1. The third kappa shape index (κ3) is 9.10. The van der Waals surface area contributed by atoms with E-state index in [1.165, 1.54) is 25.7 Å². The van der Waals surface area contributed by atoms with Crippen LogP contribution in [0, 0.1) is 0 Å². The summed E-state index contributed by atoms with van der Waals surface area (Å²) in [5, 5.41) is 18.4. The molecule has 1 aromatic rings. The smallest absolute Gasteiger partial charge is 0.414 e. The van der Waals surface area contributed by atoms with Gasteiger partial charge in [0, 0.05) is 6.04 Å². The predicted molar refractivity (Wildman–Crippen MR) is 103 cm³/mol. The van der Waals surface area contributed by atoms with E-state index in [9.17, 15) is 0 Å². The number of ether oxygens (including phenoxy) is 2. The van der Waals surface area contributed by atoms with Crippen LogP contribution in [0.25, 0.3) is 6.08 Å². The largest absolute Gasteiger partial charge is 0.493 e. The zero-order valence-electron chi connectivity index (χ0n) is 15.9. The number of hydrogen-bond acceptors (Lipinski definition) is 5.